The second kappa shape index (κ2) is 5.55. The van der Waals surface area contributed by atoms with E-state index in [4.69, 9.17) is 5.73 Å². The molecule has 0 radical (unpaired) electrons. The van der Waals surface area contributed by atoms with Crippen LogP contribution in [0.4, 0.5) is 17.6 Å². The van der Waals surface area contributed by atoms with Crippen LogP contribution in [0.15, 0.2) is 12.1 Å². The quantitative estimate of drug-likeness (QED) is 0.812. The van der Waals surface area contributed by atoms with Crippen LogP contribution >= 0.6 is 12.4 Å². The van der Waals surface area contributed by atoms with Crippen LogP contribution in [0.3, 0.4) is 0 Å². The van der Waals surface area contributed by atoms with Crippen LogP contribution < -0.4 is 5.73 Å². The van der Waals surface area contributed by atoms with Gasteiger partial charge in [-0.25, -0.2) is 4.39 Å². The Bertz CT molecular complexity index is 395. The molecule has 98 valence electrons. The molecule has 0 aromatic heterocycles. The topological polar surface area (TPSA) is 46.2 Å². The maximum atomic E-state index is 13.0. The van der Waals surface area contributed by atoms with Crippen molar-refractivity contribution in [3.8, 4) is 5.75 Å². The van der Waals surface area contributed by atoms with Crippen LogP contribution in [-0.2, 0) is 6.18 Å². The summed E-state index contributed by atoms with van der Waals surface area (Å²) < 4.78 is 50.7. The third-order valence-corrected chi connectivity index (χ3v) is 2.28. The van der Waals surface area contributed by atoms with E-state index in [1.165, 1.54) is 0 Å². The number of rotatable bonds is 2. The van der Waals surface area contributed by atoms with Crippen LogP contribution in [0.5, 0.6) is 5.75 Å². The van der Waals surface area contributed by atoms with Gasteiger partial charge in [-0.2, -0.15) is 13.2 Å². The van der Waals surface area contributed by atoms with Crippen LogP contribution in [0.25, 0.3) is 0 Å². The second-order valence-corrected chi connectivity index (χ2v) is 3.37. The average Bonchev–Trinajstić information content (AvgIpc) is 2.19. The summed E-state index contributed by atoms with van der Waals surface area (Å²) in [5.41, 5.74) is 3.75. The number of hydrogen-bond donors (Lipinski definition) is 2. The lowest BCUT2D eigenvalue weighted by atomic mass is 9.97. The number of alkyl halides is 3. The zero-order valence-electron chi connectivity index (χ0n) is 8.88. The summed E-state index contributed by atoms with van der Waals surface area (Å²) in [5.74, 6) is -2.13. The highest BCUT2D eigenvalue weighted by molar-refractivity contribution is 5.85. The molecule has 0 fully saturated rings. The van der Waals surface area contributed by atoms with Crippen molar-refractivity contribution in [2.45, 2.75) is 25.6 Å². The molecule has 0 aliphatic rings. The number of halogens is 5. The standard InChI is InChI=1S/C10H11F4NO.ClH/c1-2-7(15)8-5(10(12,13)14)3-4-6(11)9(8)16;/h3-4,7,16H,2,15H2,1H3;1H/t7-;/m0./s1. The van der Waals surface area contributed by atoms with Gasteiger partial charge in [0.1, 0.15) is 0 Å². The minimum absolute atomic E-state index is 0. The molecule has 0 unspecified atom stereocenters. The van der Waals surface area contributed by atoms with Crippen molar-refractivity contribution in [1.82, 2.24) is 0 Å². The van der Waals surface area contributed by atoms with Crippen LogP contribution in [0.2, 0.25) is 0 Å². The van der Waals surface area contributed by atoms with Crippen molar-refractivity contribution in [3.63, 3.8) is 0 Å². The molecule has 17 heavy (non-hydrogen) atoms. The van der Waals surface area contributed by atoms with Gasteiger partial charge in [0.2, 0.25) is 0 Å². The molecule has 1 atom stereocenters. The zero-order chi connectivity index (χ0) is 12.5. The van der Waals surface area contributed by atoms with Gasteiger partial charge in [-0.05, 0) is 18.6 Å². The monoisotopic (exact) mass is 273 g/mol. The van der Waals surface area contributed by atoms with Crippen molar-refractivity contribution in [2.24, 2.45) is 5.73 Å². The summed E-state index contributed by atoms with van der Waals surface area (Å²) >= 11 is 0. The number of phenolic OH excluding ortho intramolecular Hbond substituents is 1. The van der Waals surface area contributed by atoms with Gasteiger partial charge in [0.05, 0.1) is 5.56 Å². The summed E-state index contributed by atoms with van der Waals surface area (Å²) in [6, 6.07) is 0.108. The third kappa shape index (κ3) is 3.23. The maximum absolute atomic E-state index is 13.0. The van der Waals surface area contributed by atoms with E-state index in [-0.39, 0.29) is 18.8 Å². The van der Waals surface area contributed by atoms with E-state index in [0.29, 0.717) is 12.1 Å². The molecule has 0 saturated heterocycles. The lowest BCUT2D eigenvalue weighted by Crippen LogP contribution is -2.17. The molecule has 0 heterocycles. The van der Waals surface area contributed by atoms with Gasteiger partial charge >= 0.3 is 6.18 Å². The first-order valence-electron chi connectivity index (χ1n) is 4.63. The largest absolute Gasteiger partial charge is 0.505 e. The Labute approximate surface area is 102 Å². The van der Waals surface area contributed by atoms with E-state index in [0.717, 1.165) is 0 Å². The van der Waals surface area contributed by atoms with Crippen molar-refractivity contribution in [1.29, 1.82) is 0 Å². The SMILES string of the molecule is CC[C@H](N)c1c(C(F)(F)F)ccc(F)c1O.Cl. The molecule has 0 bridgehead atoms. The predicted octanol–water partition coefficient (Wildman–Crippen LogP) is 3.38. The Morgan fingerprint density at radius 2 is 1.88 bits per heavy atom. The minimum Gasteiger partial charge on any atom is -0.505 e. The molecule has 0 aliphatic carbocycles. The Morgan fingerprint density at radius 3 is 2.29 bits per heavy atom. The molecule has 7 heteroatoms. The summed E-state index contributed by atoms with van der Waals surface area (Å²) in [5, 5.41) is 9.29. The van der Waals surface area contributed by atoms with Crippen LogP contribution in [0, 0.1) is 5.82 Å². The first kappa shape index (κ1) is 16.0. The smallest absolute Gasteiger partial charge is 0.416 e. The fraction of sp³-hybridized carbons (Fsp3) is 0.400. The molecule has 1 aromatic rings. The zero-order valence-corrected chi connectivity index (χ0v) is 9.70. The Hall–Kier alpha value is -1.01. The molecular formula is C10H12ClF4NO. The number of nitrogens with two attached hydrogens (primary N) is 1. The summed E-state index contributed by atoms with van der Waals surface area (Å²) in [6.07, 6.45) is -4.49. The lowest BCUT2D eigenvalue weighted by Gasteiger charge is -2.18. The van der Waals surface area contributed by atoms with Gasteiger partial charge in [-0.15, -0.1) is 12.4 Å². The average molecular weight is 274 g/mol. The highest BCUT2D eigenvalue weighted by Crippen LogP contribution is 2.40. The molecule has 3 N–H and O–H groups in total. The van der Waals surface area contributed by atoms with Gasteiger partial charge in [0.25, 0.3) is 0 Å². The molecule has 0 amide bonds. The van der Waals surface area contributed by atoms with E-state index in [1.54, 1.807) is 6.92 Å². The summed E-state index contributed by atoms with van der Waals surface area (Å²) in [4.78, 5) is 0. The van der Waals surface area contributed by atoms with Gasteiger partial charge in [-0.3, -0.25) is 0 Å². The first-order valence-corrected chi connectivity index (χ1v) is 4.63. The minimum atomic E-state index is -4.66. The fourth-order valence-electron chi connectivity index (χ4n) is 1.41. The predicted molar refractivity (Wildman–Crippen MR) is 57.5 cm³/mol. The van der Waals surface area contributed by atoms with Gasteiger partial charge < -0.3 is 10.8 Å². The van der Waals surface area contributed by atoms with E-state index >= 15 is 0 Å². The molecule has 0 saturated carbocycles. The Balaban J connectivity index is 0.00000256. The highest BCUT2D eigenvalue weighted by atomic mass is 35.5. The first-order chi connectivity index (χ1) is 7.29. The number of phenols is 1. The number of aromatic hydroxyl groups is 1. The Kier molecular flexibility index (Phi) is 5.22. The molecule has 2 nitrogen and oxygen atoms in total. The van der Waals surface area contributed by atoms with Crippen molar-refractivity contribution in [2.75, 3.05) is 0 Å². The highest BCUT2D eigenvalue weighted by Gasteiger charge is 2.36. The summed E-state index contributed by atoms with van der Waals surface area (Å²) in [6.45, 7) is 1.55. The maximum Gasteiger partial charge on any atom is 0.416 e. The van der Waals surface area contributed by atoms with Gasteiger partial charge in [0, 0.05) is 11.6 Å². The van der Waals surface area contributed by atoms with Crippen molar-refractivity contribution < 1.29 is 22.7 Å². The third-order valence-electron chi connectivity index (χ3n) is 2.28. The van der Waals surface area contributed by atoms with Crippen LogP contribution in [-0.4, -0.2) is 5.11 Å². The van der Waals surface area contributed by atoms with E-state index in [2.05, 4.69) is 0 Å². The van der Waals surface area contributed by atoms with Crippen molar-refractivity contribution >= 4 is 12.4 Å². The molecule has 1 aromatic carbocycles. The number of hydrogen-bond acceptors (Lipinski definition) is 2. The van der Waals surface area contributed by atoms with Crippen molar-refractivity contribution in [3.05, 3.63) is 29.1 Å². The van der Waals surface area contributed by atoms with E-state index in [1.807, 2.05) is 0 Å². The molecule has 1 rings (SSSR count). The molecular weight excluding hydrogens is 262 g/mol. The second-order valence-electron chi connectivity index (χ2n) is 3.37. The van der Waals surface area contributed by atoms with Crippen LogP contribution in [0.1, 0.15) is 30.5 Å². The Morgan fingerprint density at radius 1 is 1.35 bits per heavy atom. The van der Waals surface area contributed by atoms with E-state index < -0.39 is 34.9 Å². The molecule has 0 aliphatic heterocycles. The van der Waals surface area contributed by atoms with Gasteiger partial charge in [0.15, 0.2) is 11.6 Å². The normalized spacial score (nSPS) is 13.1. The lowest BCUT2D eigenvalue weighted by molar-refractivity contribution is -0.138. The van der Waals surface area contributed by atoms with Gasteiger partial charge in [-0.1, -0.05) is 6.92 Å². The van der Waals surface area contributed by atoms with E-state index in [9.17, 15) is 22.7 Å². The summed E-state index contributed by atoms with van der Waals surface area (Å²) in [7, 11) is 0. The molecule has 0 spiro atoms. The fourth-order valence-corrected chi connectivity index (χ4v) is 1.41. The number of benzene rings is 1.